The molecule has 3 heterocycles. The highest BCUT2D eigenvalue weighted by Gasteiger charge is 2.37. The lowest BCUT2D eigenvalue weighted by molar-refractivity contribution is 0.0609. The van der Waals surface area contributed by atoms with Gasteiger partial charge in [0.05, 0.1) is 11.1 Å². The molecular weight excluding hydrogens is 370 g/mol. The molecule has 0 unspecified atom stereocenters. The van der Waals surface area contributed by atoms with E-state index in [1.807, 2.05) is 18.2 Å². The molecule has 1 N–H and O–H groups in total. The van der Waals surface area contributed by atoms with Gasteiger partial charge in [-0.3, -0.25) is 14.5 Å². The van der Waals surface area contributed by atoms with Crippen molar-refractivity contribution < 1.29 is 14.4 Å². The van der Waals surface area contributed by atoms with Crippen LogP contribution in [0, 0.1) is 0 Å². The molecule has 2 aliphatic heterocycles. The number of amides is 4. The number of imide groups is 1. The van der Waals surface area contributed by atoms with Crippen LogP contribution in [0.4, 0.5) is 16.3 Å². The third kappa shape index (κ3) is 3.53. The maximum Gasteiger partial charge on any atom is 0.321 e. The fraction of sp³-hybridized carbons (Fsp3) is 0.333. The van der Waals surface area contributed by atoms with Crippen LogP contribution in [0.1, 0.15) is 34.6 Å². The van der Waals surface area contributed by atoms with Crippen molar-refractivity contribution in [2.24, 2.45) is 0 Å². The summed E-state index contributed by atoms with van der Waals surface area (Å²) < 4.78 is 0. The third-order valence-electron chi connectivity index (χ3n) is 5.23. The van der Waals surface area contributed by atoms with Crippen LogP contribution in [0.3, 0.4) is 0 Å². The smallest absolute Gasteiger partial charge is 0.321 e. The molecule has 0 spiro atoms. The second-order valence-electron chi connectivity index (χ2n) is 7.43. The maximum absolute atomic E-state index is 12.6. The number of pyridine rings is 1. The first-order valence-electron chi connectivity index (χ1n) is 9.69. The largest absolute Gasteiger partial charge is 0.353 e. The van der Waals surface area contributed by atoms with E-state index in [0.29, 0.717) is 43.0 Å². The Kier molecular flexibility index (Phi) is 4.92. The fourth-order valence-electron chi connectivity index (χ4n) is 3.69. The Morgan fingerprint density at radius 2 is 1.72 bits per heavy atom. The summed E-state index contributed by atoms with van der Waals surface area (Å²) in [6.45, 7) is 6.15. The van der Waals surface area contributed by atoms with Gasteiger partial charge in [-0.2, -0.15) is 0 Å². The number of aromatic nitrogens is 1. The minimum absolute atomic E-state index is 0.212. The zero-order chi connectivity index (χ0) is 20.5. The fourth-order valence-corrected chi connectivity index (χ4v) is 3.69. The number of nitrogens with one attached hydrogen (secondary N) is 1. The number of rotatable bonds is 3. The van der Waals surface area contributed by atoms with Crippen molar-refractivity contribution in [3.8, 4) is 0 Å². The first kappa shape index (κ1) is 18.9. The van der Waals surface area contributed by atoms with E-state index >= 15 is 0 Å². The summed E-state index contributed by atoms with van der Waals surface area (Å²) in [7, 11) is 0. The van der Waals surface area contributed by atoms with Gasteiger partial charge in [-0.25, -0.2) is 9.78 Å². The van der Waals surface area contributed by atoms with E-state index in [9.17, 15) is 14.4 Å². The summed E-state index contributed by atoms with van der Waals surface area (Å²) in [5.74, 6) is 0.299. The molecule has 2 aliphatic rings. The van der Waals surface area contributed by atoms with Gasteiger partial charge >= 0.3 is 6.03 Å². The van der Waals surface area contributed by atoms with Crippen molar-refractivity contribution in [3.63, 3.8) is 0 Å². The van der Waals surface area contributed by atoms with Gasteiger partial charge < -0.3 is 15.1 Å². The first-order valence-corrected chi connectivity index (χ1v) is 9.69. The highest BCUT2D eigenvalue weighted by molar-refractivity contribution is 6.22. The van der Waals surface area contributed by atoms with Crippen molar-refractivity contribution in [2.75, 3.05) is 36.4 Å². The number of urea groups is 1. The van der Waals surface area contributed by atoms with Crippen LogP contribution >= 0.6 is 0 Å². The summed E-state index contributed by atoms with van der Waals surface area (Å²) in [6.07, 6.45) is 1.76. The van der Waals surface area contributed by atoms with Gasteiger partial charge in [-0.05, 0) is 44.2 Å². The standard InChI is InChI=1S/C21H23N5O3/c1-14(2)26-19(27)16-7-6-15(13-17(16)20(26)28)23-21(29)25-11-9-24(10-12-25)18-5-3-4-8-22-18/h3-8,13-14H,9-12H2,1-2H3,(H,23,29). The molecule has 8 heteroatoms. The van der Waals surface area contributed by atoms with Gasteiger partial charge in [0.2, 0.25) is 0 Å². The minimum Gasteiger partial charge on any atom is -0.353 e. The lowest BCUT2D eigenvalue weighted by Gasteiger charge is -2.35. The van der Waals surface area contributed by atoms with Crippen LogP contribution in [-0.2, 0) is 0 Å². The SMILES string of the molecule is CC(C)N1C(=O)c2ccc(NC(=O)N3CCN(c4ccccn4)CC3)cc2C1=O. The molecule has 0 aliphatic carbocycles. The number of hydrogen-bond acceptors (Lipinski definition) is 5. The van der Waals surface area contributed by atoms with Crippen molar-refractivity contribution in [2.45, 2.75) is 19.9 Å². The Morgan fingerprint density at radius 1 is 1.00 bits per heavy atom. The second-order valence-corrected chi connectivity index (χ2v) is 7.43. The first-order chi connectivity index (χ1) is 14.0. The second kappa shape index (κ2) is 7.54. The number of nitrogens with zero attached hydrogens (tertiary/aromatic N) is 4. The molecule has 1 aromatic heterocycles. The Balaban J connectivity index is 1.40. The highest BCUT2D eigenvalue weighted by atomic mass is 16.2. The van der Waals surface area contributed by atoms with Gasteiger partial charge in [-0.1, -0.05) is 6.07 Å². The van der Waals surface area contributed by atoms with Crippen LogP contribution in [0.5, 0.6) is 0 Å². The van der Waals surface area contributed by atoms with E-state index in [2.05, 4.69) is 15.2 Å². The molecule has 0 bridgehead atoms. The highest BCUT2D eigenvalue weighted by Crippen LogP contribution is 2.27. The Morgan fingerprint density at radius 3 is 2.38 bits per heavy atom. The molecule has 0 radical (unpaired) electrons. The van der Waals surface area contributed by atoms with E-state index < -0.39 is 0 Å². The van der Waals surface area contributed by atoms with Gasteiger partial charge in [0, 0.05) is 44.1 Å². The molecule has 0 saturated carbocycles. The van der Waals surface area contributed by atoms with Crippen molar-refractivity contribution >= 4 is 29.4 Å². The van der Waals surface area contributed by atoms with E-state index in [4.69, 9.17) is 0 Å². The molecule has 1 saturated heterocycles. The van der Waals surface area contributed by atoms with E-state index in [1.165, 1.54) is 4.90 Å². The molecule has 8 nitrogen and oxygen atoms in total. The minimum atomic E-state index is -0.319. The van der Waals surface area contributed by atoms with E-state index in [0.717, 1.165) is 5.82 Å². The summed E-state index contributed by atoms with van der Waals surface area (Å²) in [5.41, 5.74) is 1.22. The van der Waals surface area contributed by atoms with E-state index in [1.54, 1.807) is 43.1 Å². The number of anilines is 2. The predicted octanol–water partition coefficient (Wildman–Crippen LogP) is 2.44. The molecule has 1 fully saturated rings. The van der Waals surface area contributed by atoms with Gasteiger partial charge in [0.25, 0.3) is 11.8 Å². The zero-order valence-corrected chi connectivity index (χ0v) is 16.5. The molecule has 2 aromatic rings. The number of hydrogen-bond donors (Lipinski definition) is 1. The van der Waals surface area contributed by atoms with Gasteiger partial charge in [-0.15, -0.1) is 0 Å². The maximum atomic E-state index is 12.6. The van der Waals surface area contributed by atoms with Crippen LogP contribution in [-0.4, -0.2) is 64.9 Å². The average molecular weight is 393 g/mol. The van der Waals surface area contributed by atoms with Crippen molar-refractivity contribution in [3.05, 3.63) is 53.7 Å². The third-order valence-corrected chi connectivity index (χ3v) is 5.23. The Bertz CT molecular complexity index is 952. The molecule has 150 valence electrons. The molecular formula is C21H23N5O3. The number of piperazine rings is 1. The normalized spacial score (nSPS) is 16.4. The van der Waals surface area contributed by atoms with Crippen molar-refractivity contribution in [1.82, 2.24) is 14.8 Å². The van der Waals surface area contributed by atoms with Crippen LogP contribution < -0.4 is 10.2 Å². The average Bonchev–Trinajstić information content (AvgIpc) is 2.98. The molecule has 4 rings (SSSR count). The Labute approximate surface area is 169 Å². The number of carbonyl (C=O) groups excluding carboxylic acids is 3. The molecule has 29 heavy (non-hydrogen) atoms. The summed E-state index contributed by atoms with van der Waals surface area (Å²) in [5, 5.41) is 2.85. The molecule has 0 atom stereocenters. The van der Waals surface area contributed by atoms with E-state index in [-0.39, 0.29) is 23.9 Å². The van der Waals surface area contributed by atoms with Gasteiger partial charge in [0.1, 0.15) is 5.82 Å². The van der Waals surface area contributed by atoms with Crippen LogP contribution in [0.25, 0.3) is 0 Å². The lowest BCUT2D eigenvalue weighted by Crippen LogP contribution is -2.50. The number of fused-ring (bicyclic) bond motifs is 1. The summed E-state index contributed by atoms with van der Waals surface area (Å²) in [6, 6.07) is 10.2. The molecule has 1 aromatic carbocycles. The number of carbonyl (C=O) groups is 3. The van der Waals surface area contributed by atoms with Crippen molar-refractivity contribution in [1.29, 1.82) is 0 Å². The lowest BCUT2D eigenvalue weighted by atomic mass is 10.1. The summed E-state index contributed by atoms with van der Waals surface area (Å²) >= 11 is 0. The summed E-state index contributed by atoms with van der Waals surface area (Å²) in [4.78, 5) is 47.0. The predicted molar refractivity (Wildman–Crippen MR) is 109 cm³/mol. The van der Waals surface area contributed by atoms with Crippen LogP contribution in [0.2, 0.25) is 0 Å². The Hall–Kier alpha value is -3.42. The quantitative estimate of drug-likeness (QED) is 0.810. The van der Waals surface area contributed by atoms with Gasteiger partial charge in [0.15, 0.2) is 0 Å². The van der Waals surface area contributed by atoms with Crippen LogP contribution in [0.15, 0.2) is 42.6 Å². The monoisotopic (exact) mass is 393 g/mol. The molecule has 4 amide bonds. The zero-order valence-electron chi connectivity index (χ0n) is 16.5. The topological polar surface area (TPSA) is 85.8 Å². The number of benzene rings is 1.